The van der Waals surface area contributed by atoms with Crippen LogP contribution in [0.25, 0.3) is 0 Å². The molecule has 0 aliphatic carbocycles. The van der Waals surface area contributed by atoms with Crippen molar-refractivity contribution in [3.63, 3.8) is 0 Å². The van der Waals surface area contributed by atoms with Gasteiger partial charge in [0.15, 0.2) is 0 Å². The first-order chi connectivity index (χ1) is 9.09. The third-order valence-corrected chi connectivity index (χ3v) is 3.10. The number of aryl methyl sites for hydroxylation is 1. The topological polar surface area (TPSA) is 68.1 Å². The summed E-state index contributed by atoms with van der Waals surface area (Å²) in [4.78, 5) is 14.6. The molecule has 1 N–H and O–H groups in total. The lowest BCUT2D eigenvalue weighted by atomic mass is 10.1. The number of benzene rings is 1. The minimum absolute atomic E-state index is 0.158. The van der Waals surface area contributed by atoms with E-state index in [9.17, 15) is 10.1 Å². The molecule has 0 radical (unpaired) electrons. The SMILES string of the molecule is Cc1cnccc1NCc1cccc([N+](=O)[O-])c1C. The highest BCUT2D eigenvalue weighted by Crippen LogP contribution is 2.22. The second-order valence-electron chi connectivity index (χ2n) is 4.36. The van der Waals surface area contributed by atoms with Crippen LogP contribution in [0.3, 0.4) is 0 Å². The Bertz CT molecular complexity index is 611. The molecular formula is C14H15N3O2. The van der Waals surface area contributed by atoms with Crippen LogP contribution in [0.4, 0.5) is 11.4 Å². The number of rotatable bonds is 4. The zero-order valence-corrected chi connectivity index (χ0v) is 10.9. The molecule has 1 heterocycles. The molecule has 98 valence electrons. The van der Waals surface area contributed by atoms with Gasteiger partial charge < -0.3 is 5.32 Å². The van der Waals surface area contributed by atoms with Crippen molar-refractivity contribution in [2.24, 2.45) is 0 Å². The Hall–Kier alpha value is -2.43. The van der Waals surface area contributed by atoms with Crippen LogP contribution in [0.5, 0.6) is 0 Å². The number of nitro groups is 1. The first-order valence-corrected chi connectivity index (χ1v) is 5.97. The van der Waals surface area contributed by atoms with Crippen LogP contribution in [0.1, 0.15) is 16.7 Å². The fourth-order valence-electron chi connectivity index (χ4n) is 1.92. The molecule has 1 aromatic heterocycles. The highest BCUT2D eigenvalue weighted by molar-refractivity contribution is 5.51. The van der Waals surface area contributed by atoms with Crippen LogP contribution in [-0.2, 0) is 6.54 Å². The van der Waals surface area contributed by atoms with Gasteiger partial charge in [-0.25, -0.2) is 0 Å². The Balaban J connectivity index is 2.19. The van der Waals surface area contributed by atoms with Crippen molar-refractivity contribution < 1.29 is 4.92 Å². The zero-order valence-electron chi connectivity index (χ0n) is 10.9. The summed E-state index contributed by atoms with van der Waals surface area (Å²) in [6.07, 6.45) is 3.50. The van der Waals surface area contributed by atoms with Crippen LogP contribution in [0.2, 0.25) is 0 Å². The van der Waals surface area contributed by atoms with Crippen LogP contribution in [0.15, 0.2) is 36.7 Å². The first-order valence-electron chi connectivity index (χ1n) is 5.97. The van der Waals surface area contributed by atoms with E-state index in [1.807, 2.05) is 19.1 Å². The van der Waals surface area contributed by atoms with Gasteiger partial charge in [-0.1, -0.05) is 12.1 Å². The standard InChI is InChI=1S/C14H15N3O2/c1-10-8-15-7-6-13(10)16-9-12-4-3-5-14(11(12)2)17(18)19/h3-8H,9H2,1-2H3,(H,15,16). The number of hydrogen-bond acceptors (Lipinski definition) is 4. The number of hydrogen-bond donors (Lipinski definition) is 1. The molecule has 0 saturated carbocycles. The van der Waals surface area contributed by atoms with Gasteiger partial charge in [-0.2, -0.15) is 0 Å². The Morgan fingerprint density at radius 1 is 1.32 bits per heavy atom. The summed E-state index contributed by atoms with van der Waals surface area (Å²) in [5, 5.41) is 14.2. The van der Waals surface area contributed by atoms with E-state index in [-0.39, 0.29) is 10.6 Å². The van der Waals surface area contributed by atoms with E-state index in [4.69, 9.17) is 0 Å². The van der Waals surface area contributed by atoms with Gasteiger partial charge >= 0.3 is 0 Å². The van der Waals surface area contributed by atoms with E-state index in [2.05, 4.69) is 10.3 Å². The van der Waals surface area contributed by atoms with E-state index in [0.29, 0.717) is 12.1 Å². The Morgan fingerprint density at radius 3 is 2.79 bits per heavy atom. The molecule has 0 bridgehead atoms. The second-order valence-corrected chi connectivity index (χ2v) is 4.36. The Labute approximate surface area is 111 Å². The summed E-state index contributed by atoms with van der Waals surface area (Å²) in [5.74, 6) is 0. The highest BCUT2D eigenvalue weighted by Gasteiger charge is 2.12. The number of aromatic nitrogens is 1. The van der Waals surface area contributed by atoms with Gasteiger partial charge in [-0.3, -0.25) is 15.1 Å². The Morgan fingerprint density at radius 2 is 2.11 bits per heavy atom. The maximum atomic E-state index is 10.9. The van der Waals surface area contributed by atoms with Crippen LogP contribution < -0.4 is 5.32 Å². The fourth-order valence-corrected chi connectivity index (χ4v) is 1.92. The lowest BCUT2D eigenvalue weighted by molar-refractivity contribution is -0.385. The van der Waals surface area contributed by atoms with Crippen molar-refractivity contribution in [3.05, 3.63) is 63.5 Å². The van der Waals surface area contributed by atoms with Gasteiger partial charge in [-0.15, -0.1) is 0 Å². The van der Waals surface area contributed by atoms with Crippen LogP contribution in [0, 0.1) is 24.0 Å². The molecule has 5 heteroatoms. The van der Waals surface area contributed by atoms with Crippen LogP contribution >= 0.6 is 0 Å². The van der Waals surface area contributed by atoms with Crippen molar-refractivity contribution in [3.8, 4) is 0 Å². The molecule has 0 aliphatic heterocycles. The molecule has 2 aromatic rings. The Kier molecular flexibility index (Phi) is 3.75. The molecule has 2 rings (SSSR count). The molecule has 5 nitrogen and oxygen atoms in total. The average Bonchev–Trinajstić information content (AvgIpc) is 2.39. The molecule has 1 aromatic carbocycles. The van der Waals surface area contributed by atoms with Crippen molar-refractivity contribution >= 4 is 11.4 Å². The van der Waals surface area contributed by atoms with Gasteiger partial charge in [0.1, 0.15) is 0 Å². The minimum atomic E-state index is -0.351. The van der Waals surface area contributed by atoms with E-state index in [1.54, 1.807) is 25.4 Å². The second kappa shape index (κ2) is 5.48. The van der Waals surface area contributed by atoms with Gasteiger partial charge in [0.2, 0.25) is 0 Å². The molecule has 0 spiro atoms. The maximum absolute atomic E-state index is 10.9. The number of nitro benzene ring substituents is 1. The van der Waals surface area contributed by atoms with Crippen molar-refractivity contribution in [1.82, 2.24) is 4.98 Å². The van der Waals surface area contributed by atoms with E-state index in [0.717, 1.165) is 16.8 Å². The fraction of sp³-hybridized carbons (Fsp3) is 0.214. The number of pyridine rings is 1. The predicted octanol–water partition coefficient (Wildman–Crippen LogP) is 3.22. The molecular weight excluding hydrogens is 242 g/mol. The third kappa shape index (κ3) is 2.88. The lowest BCUT2D eigenvalue weighted by Gasteiger charge is -2.10. The third-order valence-electron chi connectivity index (χ3n) is 3.10. The first kappa shape index (κ1) is 13.0. The quantitative estimate of drug-likeness (QED) is 0.674. The smallest absolute Gasteiger partial charge is 0.272 e. The summed E-state index contributed by atoms with van der Waals surface area (Å²) in [5.41, 5.74) is 3.81. The lowest BCUT2D eigenvalue weighted by Crippen LogP contribution is -2.04. The molecule has 0 fully saturated rings. The number of anilines is 1. The summed E-state index contributed by atoms with van der Waals surface area (Å²) in [6.45, 7) is 4.29. The van der Waals surface area contributed by atoms with Crippen LogP contribution in [-0.4, -0.2) is 9.91 Å². The van der Waals surface area contributed by atoms with Gasteiger partial charge in [0.25, 0.3) is 5.69 Å². The largest absolute Gasteiger partial charge is 0.381 e. The highest BCUT2D eigenvalue weighted by atomic mass is 16.6. The zero-order chi connectivity index (χ0) is 13.8. The molecule has 19 heavy (non-hydrogen) atoms. The summed E-state index contributed by atoms with van der Waals surface area (Å²) in [6, 6.07) is 7.02. The predicted molar refractivity (Wildman–Crippen MR) is 74.1 cm³/mol. The van der Waals surface area contributed by atoms with E-state index >= 15 is 0 Å². The monoisotopic (exact) mass is 257 g/mol. The van der Waals surface area contributed by atoms with Crippen molar-refractivity contribution in [1.29, 1.82) is 0 Å². The van der Waals surface area contributed by atoms with Gasteiger partial charge in [0, 0.05) is 36.3 Å². The molecule has 0 atom stereocenters. The summed E-state index contributed by atoms with van der Waals surface area (Å²) >= 11 is 0. The summed E-state index contributed by atoms with van der Waals surface area (Å²) < 4.78 is 0. The summed E-state index contributed by atoms with van der Waals surface area (Å²) in [7, 11) is 0. The average molecular weight is 257 g/mol. The normalized spacial score (nSPS) is 10.2. The van der Waals surface area contributed by atoms with Gasteiger partial charge in [0.05, 0.1) is 4.92 Å². The van der Waals surface area contributed by atoms with Gasteiger partial charge in [-0.05, 0) is 31.0 Å². The molecule has 0 aliphatic rings. The maximum Gasteiger partial charge on any atom is 0.272 e. The number of nitrogens with zero attached hydrogens (tertiary/aromatic N) is 2. The van der Waals surface area contributed by atoms with E-state index in [1.165, 1.54) is 6.07 Å². The van der Waals surface area contributed by atoms with Crippen molar-refractivity contribution in [2.75, 3.05) is 5.32 Å². The molecule has 0 saturated heterocycles. The molecule has 0 amide bonds. The van der Waals surface area contributed by atoms with Crippen molar-refractivity contribution in [2.45, 2.75) is 20.4 Å². The molecule has 0 unspecified atom stereocenters. The minimum Gasteiger partial charge on any atom is -0.381 e. The number of nitrogens with one attached hydrogen (secondary N) is 1. The van der Waals surface area contributed by atoms with E-state index < -0.39 is 0 Å².